The quantitative estimate of drug-likeness (QED) is 0.265. The molecule has 35 heavy (non-hydrogen) atoms. The van der Waals surface area contributed by atoms with E-state index in [0.29, 0.717) is 0 Å². The zero-order valence-electron chi connectivity index (χ0n) is 19.0. The van der Waals surface area contributed by atoms with Crippen molar-refractivity contribution in [2.75, 3.05) is 5.32 Å². The highest BCUT2D eigenvalue weighted by atomic mass is 19.4. The molecular formula is C21H29F3N4O7. The van der Waals surface area contributed by atoms with Gasteiger partial charge in [-0.15, -0.1) is 13.2 Å². The first kappa shape index (κ1) is 28.1. The molecule has 0 heterocycles. The van der Waals surface area contributed by atoms with E-state index < -0.39 is 72.7 Å². The predicted molar refractivity (Wildman–Crippen MR) is 116 cm³/mol. The van der Waals surface area contributed by atoms with Crippen LogP contribution < -0.4 is 26.4 Å². The molecule has 0 bridgehead atoms. The topological polar surface area (TPSA) is 183 Å². The maximum Gasteiger partial charge on any atom is 0.573 e. The monoisotopic (exact) mass is 506 g/mol. The Morgan fingerprint density at radius 3 is 2.29 bits per heavy atom. The van der Waals surface area contributed by atoms with Crippen molar-refractivity contribution in [3.05, 3.63) is 24.3 Å². The molecule has 0 saturated heterocycles. The second-order valence-corrected chi connectivity index (χ2v) is 8.83. The number of benzene rings is 1. The molecular weight excluding hydrogens is 477 g/mol. The highest BCUT2D eigenvalue weighted by Gasteiger charge is 2.49. The average molecular weight is 506 g/mol. The van der Waals surface area contributed by atoms with Crippen molar-refractivity contribution in [3.63, 3.8) is 0 Å². The number of amides is 4. The van der Waals surface area contributed by atoms with Gasteiger partial charge in [0.15, 0.2) is 0 Å². The van der Waals surface area contributed by atoms with Gasteiger partial charge in [-0.3, -0.25) is 9.59 Å². The van der Waals surface area contributed by atoms with Crippen molar-refractivity contribution >= 4 is 23.5 Å². The summed E-state index contributed by atoms with van der Waals surface area (Å²) in [4.78, 5) is 36.7. The summed E-state index contributed by atoms with van der Waals surface area (Å²) in [7, 11) is 0. The highest BCUT2D eigenvalue weighted by Crippen LogP contribution is 2.30. The Balaban J connectivity index is 2.05. The fraction of sp³-hybridized carbons (Fsp3) is 0.571. The number of aliphatic hydroxyl groups is 3. The summed E-state index contributed by atoms with van der Waals surface area (Å²) in [5.74, 6) is -2.32. The van der Waals surface area contributed by atoms with Crippen LogP contribution in [0.4, 0.5) is 23.7 Å². The van der Waals surface area contributed by atoms with E-state index in [-0.39, 0.29) is 18.0 Å². The lowest BCUT2D eigenvalue weighted by molar-refractivity contribution is -0.274. The van der Waals surface area contributed by atoms with E-state index in [1.54, 1.807) is 13.8 Å². The van der Waals surface area contributed by atoms with Crippen molar-refractivity contribution in [1.29, 1.82) is 0 Å². The van der Waals surface area contributed by atoms with E-state index in [9.17, 15) is 42.9 Å². The molecule has 0 radical (unpaired) electrons. The number of rotatable bonds is 8. The number of hydrogen-bond donors (Lipinski definition) is 7. The Kier molecular flexibility index (Phi) is 8.92. The molecule has 1 aliphatic rings. The average Bonchev–Trinajstić information content (AvgIpc) is 2.71. The molecule has 5 unspecified atom stereocenters. The van der Waals surface area contributed by atoms with Gasteiger partial charge in [0, 0.05) is 18.5 Å². The highest BCUT2D eigenvalue weighted by molar-refractivity contribution is 5.92. The van der Waals surface area contributed by atoms with Gasteiger partial charge in [0.25, 0.3) is 5.91 Å². The first-order valence-corrected chi connectivity index (χ1v) is 10.7. The van der Waals surface area contributed by atoms with Crippen LogP contribution in [-0.2, 0) is 9.59 Å². The van der Waals surface area contributed by atoms with E-state index in [2.05, 4.69) is 20.7 Å². The number of ether oxygens (including phenoxy) is 1. The van der Waals surface area contributed by atoms with Gasteiger partial charge in [-0.1, -0.05) is 13.8 Å². The third-order valence-corrected chi connectivity index (χ3v) is 5.35. The lowest BCUT2D eigenvalue weighted by Gasteiger charge is -2.41. The van der Waals surface area contributed by atoms with Gasteiger partial charge in [-0.2, -0.15) is 0 Å². The van der Waals surface area contributed by atoms with Gasteiger partial charge < -0.3 is 41.7 Å². The predicted octanol–water partition coefficient (Wildman–Crippen LogP) is 0.338. The second kappa shape index (κ2) is 11.1. The van der Waals surface area contributed by atoms with Crippen molar-refractivity contribution in [2.24, 2.45) is 11.7 Å². The maximum absolute atomic E-state index is 12.7. The molecule has 1 aromatic rings. The van der Waals surface area contributed by atoms with Crippen LogP contribution in [0.1, 0.15) is 33.1 Å². The van der Waals surface area contributed by atoms with Crippen LogP contribution in [0.5, 0.6) is 5.75 Å². The fourth-order valence-electron chi connectivity index (χ4n) is 3.71. The van der Waals surface area contributed by atoms with Crippen LogP contribution in [0.25, 0.3) is 0 Å². The number of urea groups is 1. The van der Waals surface area contributed by atoms with Gasteiger partial charge in [-0.25, -0.2) is 4.79 Å². The molecule has 5 atom stereocenters. The van der Waals surface area contributed by atoms with E-state index in [0.717, 1.165) is 24.3 Å². The normalized spacial score (nSPS) is 25.5. The molecule has 196 valence electrons. The molecule has 0 spiro atoms. The molecule has 1 aromatic carbocycles. The molecule has 14 heteroatoms. The minimum absolute atomic E-state index is 0.00610. The summed E-state index contributed by atoms with van der Waals surface area (Å²) in [6.45, 7) is 3.60. The molecule has 0 aliphatic heterocycles. The number of carbonyl (C=O) groups excluding carboxylic acids is 3. The third-order valence-electron chi connectivity index (χ3n) is 5.35. The first-order chi connectivity index (χ1) is 16.1. The second-order valence-electron chi connectivity index (χ2n) is 8.83. The smallest absolute Gasteiger partial charge is 0.406 e. The zero-order valence-corrected chi connectivity index (χ0v) is 19.0. The molecule has 8 N–H and O–H groups in total. The third kappa shape index (κ3) is 8.26. The first-order valence-electron chi connectivity index (χ1n) is 10.7. The van der Waals surface area contributed by atoms with Gasteiger partial charge in [-0.05, 0) is 36.6 Å². The maximum atomic E-state index is 12.7. The number of anilines is 1. The van der Waals surface area contributed by atoms with E-state index in [1.165, 1.54) is 0 Å². The minimum Gasteiger partial charge on any atom is -0.406 e. The Bertz CT molecular complexity index is 913. The van der Waals surface area contributed by atoms with Gasteiger partial charge in [0.1, 0.15) is 23.5 Å². The summed E-state index contributed by atoms with van der Waals surface area (Å²) >= 11 is 0. The lowest BCUT2D eigenvalue weighted by atomic mass is 9.77. The molecule has 0 aromatic heterocycles. The zero-order chi connectivity index (χ0) is 26.6. The SMILES string of the molecule is CC(C)CC(NC(=O)C1(O)CC(O)C(O)C(NC(=O)Nc2ccc(OC(F)(F)F)cc2)C1)C(N)=O. The number of primary amides is 1. The number of nitrogens with two attached hydrogens (primary N) is 1. The molecule has 4 amide bonds. The summed E-state index contributed by atoms with van der Waals surface area (Å²) < 4.78 is 40.5. The van der Waals surface area contributed by atoms with Crippen LogP contribution in [0, 0.1) is 5.92 Å². The number of aliphatic hydroxyl groups excluding tert-OH is 2. The van der Waals surface area contributed by atoms with Gasteiger partial charge >= 0.3 is 12.4 Å². The Labute approximate surface area is 198 Å². The summed E-state index contributed by atoms with van der Waals surface area (Å²) in [5.41, 5.74) is 3.15. The van der Waals surface area contributed by atoms with Crippen molar-refractivity contribution in [1.82, 2.24) is 10.6 Å². The number of alkyl halides is 3. The van der Waals surface area contributed by atoms with Crippen LogP contribution in [0.15, 0.2) is 24.3 Å². The molecule has 1 fully saturated rings. The largest absolute Gasteiger partial charge is 0.573 e. The summed E-state index contributed by atoms with van der Waals surface area (Å²) in [6, 6.07) is 0.916. The van der Waals surface area contributed by atoms with Crippen LogP contribution in [0.2, 0.25) is 0 Å². The van der Waals surface area contributed by atoms with E-state index in [1.807, 2.05) is 0 Å². The molecule has 2 rings (SSSR count). The number of carbonyl (C=O) groups is 3. The van der Waals surface area contributed by atoms with Crippen molar-refractivity contribution in [2.45, 2.75) is 69.4 Å². The molecule has 11 nitrogen and oxygen atoms in total. The van der Waals surface area contributed by atoms with E-state index in [4.69, 9.17) is 5.73 Å². The van der Waals surface area contributed by atoms with Crippen molar-refractivity contribution in [3.8, 4) is 5.75 Å². The van der Waals surface area contributed by atoms with E-state index >= 15 is 0 Å². The van der Waals surface area contributed by atoms with Crippen molar-refractivity contribution < 1.29 is 47.6 Å². The number of nitrogens with one attached hydrogen (secondary N) is 3. The summed E-state index contributed by atoms with van der Waals surface area (Å²) in [5, 5.41) is 38.3. The Hall–Kier alpha value is -3.10. The van der Waals surface area contributed by atoms with Gasteiger partial charge in [0.05, 0.1) is 12.1 Å². The standard InChI is InChI=1S/C21H29F3N4O7/c1-10(2)7-13(17(25)31)27-18(32)20(34)8-14(16(30)15(29)9-20)28-19(33)26-11-3-5-12(6-4-11)35-21(22,23)24/h3-6,10,13-16,29-30,34H,7-9H2,1-2H3,(H2,25,31)(H,27,32)(H2,26,28,33). The number of hydrogen-bond acceptors (Lipinski definition) is 7. The minimum atomic E-state index is -4.88. The van der Waals surface area contributed by atoms with Crippen LogP contribution >= 0.6 is 0 Å². The Morgan fingerprint density at radius 2 is 1.77 bits per heavy atom. The number of halogens is 3. The molecule has 1 aliphatic carbocycles. The fourth-order valence-corrected chi connectivity index (χ4v) is 3.71. The lowest BCUT2D eigenvalue weighted by Crippen LogP contribution is -2.64. The van der Waals surface area contributed by atoms with Crippen LogP contribution in [-0.4, -0.2) is 69.4 Å². The molecule has 1 saturated carbocycles. The Morgan fingerprint density at radius 1 is 1.17 bits per heavy atom. The van der Waals surface area contributed by atoms with Crippen LogP contribution in [0.3, 0.4) is 0 Å². The summed E-state index contributed by atoms with van der Waals surface area (Å²) in [6.07, 6.45) is -8.87. The van der Waals surface area contributed by atoms with Gasteiger partial charge in [0.2, 0.25) is 5.91 Å².